The van der Waals surface area contributed by atoms with Crippen LogP contribution in [0.25, 0.3) is 0 Å². The van der Waals surface area contributed by atoms with Gasteiger partial charge in [-0.05, 0) is 31.5 Å². The second kappa shape index (κ2) is 10.4. The second-order valence-corrected chi connectivity index (χ2v) is 5.77. The minimum absolute atomic E-state index is 0. The Labute approximate surface area is 149 Å². The summed E-state index contributed by atoms with van der Waals surface area (Å²) in [5.41, 5.74) is 1.13. The Bertz CT molecular complexity index is 507. The van der Waals surface area contributed by atoms with Crippen molar-refractivity contribution in [1.29, 1.82) is 0 Å². The number of aliphatic hydroxyl groups excluding tert-OH is 1. The molecule has 0 bridgehead atoms. The molecule has 1 aromatic carbocycles. The fourth-order valence-corrected chi connectivity index (χ4v) is 2.58. The predicted octanol–water partition coefficient (Wildman–Crippen LogP) is 1.93. The number of halogens is 1. The quantitative estimate of drug-likeness (QED) is 0.842. The first-order valence-corrected chi connectivity index (χ1v) is 8.10. The van der Waals surface area contributed by atoms with Crippen molar-refractivity contribution in [2.24, 2.45) is 0 Å². The van der Waals surface area contributed by atoms with E-state index in [4.69, 9.17) is 9.47 Å². The van der Waals surface area contributed by atoms with Crippen LogP contribution in [0.2, 0.25) is 0 Å². The number of β-amino-alcohol motifs (C(OH)–C–C–N with tert-alkyl or cyclic N) is 1. The Morgan fingerprint density at radius 3 is 2.62 bits per heavy atom. The summed E-state index contributed by atoms with van der Waals surface area (Å²) in [7, 11) is 0. The average Bonchev–Trinajstić information content (AvgIpc) is 2.54. The normalized spacial score (nSPS) is 16.2. The molecule has 0 spiro atoms. The zero-order valence-electron chi connectivity index (χ0n) is 14.3. The molecule has 1 fully saturated rings. The van der Waals surface area contributed by atoms with Crippen molar-refractivity contribution in [3.63, 3.8) is 0 Å². The fourth-order valence-electron chi connectivity index (χ4n) is 2.58. The topological polar surface area (TPSA) is 62.2 Å². The van der Waals surface area contributed by atoms with Gasteiger partial charge in [-0.3, -0.25) is 4.90 Å². The van der Waals surface area contributed by atoms with E-state index in [9.17, 15) is 9.90 Å². The van der Waals surface area contributed by atoms with Gasteiger partial charge in [-0.25, -0.2) is 4.79 Å². The van der Waals surface area contributed by atoms with Crippen molar-refractivity contribution in [2.45, 2.75) is 20.0 Å². The zero-order valence-corrected chi connectivity index (χ0v) is 15.1. The first kappa shape index (κ1) is 20.5. The smallest absolute Gasteiger partial charge is 0.409 e. The molecule has 1 aromatic rings. The summed E-state index contributed by atoms with van der Waals surface area (Å²) in [5.74, 6) is 0.774. The molecule has 2 rings (SSSR count). The number of rotatable bonds is 6. The monoisotopic (exact) mass is 358 g/mol. The van der Waals surface area contributed by atoms with Gasteiger partial charge in [0.05, 0.1) is 6.61 Å². The Hall–Kier alpha value is -1.50. The molecule has 1 atom stereocenters. The standard InChI is InChI=1S/C17H26N2O4.ClH/c1-3-22-17(21)19-9-7-18(8-10-19)12-15(20)13-23-16-6-4-5-14(2)11-16;/h4-6,11,15,20H,3,7-10,12-13H2,1-2H3;1H. The number of aliphatic hydroxyl groups is 1. The summed E-state index contributed by atoms with van der Waals surface area (Å²) in [6.45, 7) is 7.75. The molecular weight excluding hydrogens is 332 g/mol. The maximum atomic E-state index is 11.6. The molecule has 1 N–H and O–H groups in total. The molecule has 1 aliphatic heterocycles. The number of hydrogen-bond donors (Lipinski definition) is 1. The van der Waals surface area contributed by atoms with Crippen LogP contribution in [0.4, 0.5) is 4.79 Å². The van der Waals surface area contributed by atoms with Crippen molar-refractivity contribution in [2.75, 3.05) is 45.9 Å². The van der Waals surface area contributed by atoms with E-state index in [2.05, 4.69) is 4.90 Å². The first-order chi connectivity index (χ1) is 11.1. The third kappa shape index (κ3) is 6.55. The van der Waals surface area contributed by atoms with Gasteiger partial charge in [-0.2, -0.15) is 0 Å². The SMILES string of the molecule is CCOC(=O)N1CCN(CC(O)COc2cccc(C)c2)CC1.Cl. The molecule has 1 aliphatic rings. The maximum Gasteiger partial charge on any atom is 0.409 e. The molecule has 1 unspecified atom stereocenters. The largest absolute Gasteiger partial charge is 0.491 e. The molecule has 1 saturated heterocycles. The van der Waals surface area contributed by atoms with Crippen molar-refractivity contribution >= 4 is 18.5 Å². The number of benzene rings is 1. The van der Waals surface area contributed by atoms with E-state index in [0.29, 0.717) is 26.2 Å². The van der Waals surface area contributed by atoms with Gasteiger partial charge in [-0.15, -0.1) is 12.4 Å². The lowest BCUT2D eigenvalue weighted by Crippen LogP contribution is -2.51. The summed E-state index contributed by atoms with van der Waals surface area (Å²) >= 11 is 0. The molecule has 0 aromatic heterocycles. The van der Waals surface area contributed by atoms with Crippen LogP contribution in [0.5, 0.6) is 5.75 Å². The van der Waals surface area contributed by atoms with Gasteiger partial charge >= 0.3 is 6.09 Å². The Morgan fingerprint density at radius 1 is 1.29 bits per heavy atom. The third-order valence-electron chi connectivity index (χ3n) is 3.80. The first-order valence-electron chi connectivity index (χ1n) is 8.10. The van der Waals surface area contributed by atoms with E-state index in [0.717, 1.165) is 24.4 Å². The number of carbonyl (C=O) groups excluding carboxylic acids is 1. The average molecular weight is 359 g/mol. The number of hydrogen-bond acceptors (Lipinski definition) is 5. The van der Waals surface area contributed by atoms with Gasteiger partial charge in [0.2, 0.25) is 0 Å². The molecule has 0 aliphatic carbocycles. The molecule has 0 radical (unpaired) electrons. The van der Waals surface area contributed by atoms with Crippen molar-refractivity contribution in [3.05, 3.63) is 29.8 Å². The Kier molecular flexibility index (Phi) is 8.89. The van der Waals surface area contributed by atoms with Gasteiger partial charge < -0.3 is 19.5 Å². The highest BCUT2D eigenvalue weighted by Gasteiger charge is 2.23. The van der Waals surface area contributed by atoms with E-state index in [1.807, 2.05) is 31.2 Å². The van der Waals surface area contributed by atoms with Crippen LogP contribution in [0.1, 0.15) is 12.5 Å². The van der Waals surface area contributed by atoms with E-state index < -0.39 is 6.10 Å². The Balaban J connectivity index is 0.00000288. The fraction of sp³-hybridized carbons (Fsp3) is 0.588. The summed E-state index contributed by atoms with van der Waals surface area (Å²) < 4.78 is 10.6. The minimum Gasteiger partial charge on any atom is -0.491 e. The van der Waals surface area contributed by atoms with E-state index >= 15 is 0 Å². The highest BCUT2D eigenvalue weighted by molar-refractivity contribution is 5.85. The number of nitrogens with zero attached hydrogens (tertiary/aromatic N) is 2. The van der Waals surface area contributed by atoms with Crippen LogP contribution in [0, 0.1) is 6.92 Å². The van der Waals surface area contributed by atoms with E-state index in [1.54, 1.807) is 11.8 Å². The Morgan fingerprint density at radius 2 is 2.00 bits per heavy atom. The minimum atomic E-state index is -0.551. The summed E-state index contributed by atoms with van der Waals surface area (Å²) in [5, 5.41) is 10.1. The summed E-state index contributed by atoms with van der Waals surface area (Å²) in [6.07, 6.45) is -0.805. The van der Waals surface area contributed by atoms with Crippen LogP contribution in [-0.2, 0) is 4.74 Å². The van der Waals surface area contributed by atoms with Crippen LogP contribution < -0.4 is 4.74 Å². The number of ether oxygens (including phenoxy) is 2. The molecule has 6 nitrogen and oxygen atoms in total. The summed E-state index contributed by atoms with van der Waals surface area (Å²) in [4.78, 5) is 15.5. The number of aryl methyl sites for hydroxylation is 1. The lowest BCUT2D eigenvalue weighted by Gasteiger charge is -2.34. The van der Waals surface area contributed by atoms with Crippen molar-refractivity contribution < 1.29 is 19.4 Å². The molecule has 1 amide bonds. The van der Waals surface area contributed by atoms with Gasteiger partial charge in [0.15, 0.2) is 0 Å². The van der Waals surface area contributed by atoms with Gasteiger partial charge in [0.1, 0.15) is 18.5 Å². The molecule has 136 valence electrons. The number of piperazine rings is 1. The lowest BCUT2D eigenvalue weighted by molar-refractivity contribution is 0.0407. The van der Waals surface area contributed by atoms with Gasteiger partial charge in [0, 0.05) is 32.7 Å². The highest BCUT2D eigenvalue weighted by atomic mass is 35.5. The summed E-state index contributed by atoms with van der Waals surface area (Å²) in [6, 6.07) is 7.78. The highest BCUT2D eigenvalue weighted by Crippen LogP contribution is 2.13. The van der Waals surface area contributed by atoms with E-state index in [1.165, 1.54) is 0 Å². The lowest BCUT2D eigenvalue weighted by atomic mass is 10.2. The molecule has 24 heavy (non-hydrogen) atoms. The van der Waals surface area contributed by atoms with E-state index in [-0.39, 0.29) is 25.1 Å². The van der Waals surface area contributed by atoms with Gasteiger partial charge in [0.25, 0.3) is 0 Å². The van der Waals surface area contributed by atoms with Crippen LogP contribution >= 0.6 is 12.4 Å². The van der Waals surface area contributed by atoms with Crippen molar-refractivity contribution in [3.8, 4) is 5.75 Å². The van der Waals surface area contributed by atoms with Crippen LogP contribution in [-0.4, -0.2) is 73.0 Å². The predicted molar refractivity (Wildman–Crippen MR) is 95.0 cm³/mol. The number of carbonyl (C=O) groups is 1. The van der Waals surface area contributed by atoms with Gasteiger partial charge in [-0.1, -0.05) is 12.1 Å². The molecule has 7 heteroatoms. The molecular formula is C17H27ClN2O4. The number of amides is 1. The maximum absolute atomic E-state index is 11.6. The second-order valence-electron chi connectivity index (χ2n) is 5.77. The molecule has 0 saturated carbocycles. The zero-order chi connectivity index (χ0) is 16.7. The van der Waals surface area contributed by atoms with Crippen LogP contribution in [0.3, 0.4) is 0 Å². The van der Waals surface area contributed by atoms with Crippen LogP contribution in [0.15, 0.2) is 24.3 Å². The molecule has 1 heterocycles. The third-order valence-corrected chi connectivity index (χ3v) is 3.80. The van der Waals surface area contributed by atoms with Crippen molar-refractivity contribution in [1.82, 2.24) is 9.80 Å².